The number of likely N-dealkylation sites (N-methyl/N-ethyl adjacent to an activating group) is 1. The second kappa shape index (κ2) is 4.27. The average molecular weight is 238 g/mol. The highest BCUT2D eigenvalue weighted by atomic mass is 19.1. The molecule has 1 aliphatic heterocycles. The second-order valence-electron chi connectivity index (χ2n) is 4.53. The number of carbonyl (C=O) groups excluding carboxylic acids is 1. The summed E-state index contributed by atoms with van der Waals surface area (Å²) in [7, 11) is 1.73. The van der Waals surface area contributed by atoms with Crippen molar-refractivity contribution in [3.63, 3.8) is 0 Å². The fourth-order valence-corrected chi connectivity index (χ4v) is 2.00. The van der Waals surface area contributed by atoms with Crippen molar-refractivity contribution in [1.82, 2.24) is 14.9 Å². The van der Waals surface area contributed by atoms with Crippen LogP contribution in [0.4, 0.5) is 15.0 Å². The van der Waals surface area contributed by atoms with Crippen LogP contribution in [0.25, 0.3) is 0 Å². The first-order valence-corrected chi connectivity index (χ1v) is 5.53. The molecule has 2 heterocycles. The van der Waals surface area contributed by atoms with E-state index in [1.165, 1.54) is 11.1 Å². The van der Waals surface area contributed by atoms with Crippen LogP contribution in [0.2, 0.25) is 0 Å². The Kier molecular flexibility index (Phi) is 2.95. The molecule has 0 spiro atoms. The maximum atomic E-state index is 13.0. The molecule has 0 aliphatic carbocycles. The number of rotatable bonds is 2. The molecule has 0 aromatic carbocycles. The molecule has 0 radical (unpaired) electrons. The zero-order valence-corrected chi connectivity index (χ0v) is 10.1. The molecule has 0 saturated carbocycles. The first-order chi connectivity index (χ1) is 8.00. The summed E-state index contributed by atoms with van der Waals surface area (Å²) >= 11 is 0. The molecule has 2 amide bonds. The smallest absolute Gasteiger partial charge is 0.325 e. The Morgan fingerprint density at radius 2 is 2.24 bits per heavy atom. The van der Waals surface area contributed by atoms with Gasteiger partial charge >= 0.3 is 12.1 Å². The lowest BCUT2D eigenvalue weighted by Gasteiger charge is -2.24. The molecule has 1 saturated heterocycles. The molecule has 92 valence electrons. The SMILES string of the molecule is CC(C)[C@H]1CN(C)C(=O)N1c1ccnc(F)n1. The van der Waals surface area contributed by atoms with Gasteiger partial charge in [-0.3, -0.25) is 4.90 Å². The van der Waals surface area contributed by atoms with Gasteiger partial charge in [0.25, 0.3) is 0 Å². The molecule has 6 heteroatoms. The van der Waals surface area contributed by atoms with Gasteiger partial charge in [-0.15, -0.1) is 0 Å². The van der Waals surface area contributed by atoms with E-state index in [1.807, 2.05) is 13.8 Å². The standard InChI is InChI=1S/C11H15FN4O/c1-7(2)8-6-15(3)11(17)16(8)9-4-5-13-10(12)14-9/h4-5,7-8H,6H2,1-3H3/t8-/m1/s1. The van der Waals surface area contributed by atoms with E-state index in [-0.39, 0.29) is 18.0 Å². The Morgan fingerprint density at radius 3 is 2.82 bits per heavy atom. The summed E-state index contributed by atoms with van der Waals surface area (Å²) in [5.41, 5.74) is 0. The zero-order valence-electron chi connectivity index (χ0n) is 10.1. The van der Waals surface area contributed by atoms with E-state index in [0.717, 1.165) is 0 Å². The van der Waals surface area contributed by atoms with Crippen LogP contribution in [-0.4, -0.2) is 40.5 Å². The molecule has 2 rings (SSSR count). The van der Waals surface area contributed by atoms with Crippen LogP contribution < -0.4 is 4.90 Å². The van der Waals surface area contributed by atoms with Crippen molar-refractivity contribution >= 4 is 11.8 Å². The molecule has 1 atom stereocenters. The van der Waals surface area contributed by atoms with E-state index in [9.17, 15) is 9.18 Å². The van der Waals surface area contributed by atoms with Gasteiger partial charge in [0.15, 0.2) is 0 Å². The van der Waals surface area contributed by atoms with Gasteiger partial charge in [0.1, 0.15) is 5.82 Å². The van der Waals surface area contributed by atoms with Crippen molar-refractivity contribution in [2.75, 3.05) is 18.5 Å². The van der Waals surface area contributed by atoms with Gasteiger partial charge in [-0.1, -0.05) is 13.8 Å². The minimum Gasteiger partial charge on any atom is -0.325 e. The van der Waals surface area contributed by atoms with E-state index in [0.29, 0.717) is 12.4 Å². The number of aromatic nitrogens is 2. The van der Waals surface area contributed by atoms with E-state index in [4.69, 9.17) is 0 Å². The van der Waals surface area contributed by atoms with E-state index < -0.39 is 6.08 Å². The van der Waals surface area contributed by atoms with E-state index >= 15 is 0 Å². The third-order valence-electron chi connectivity index (χ3n) is 2.95. The Labute approximate surface area is 99.3 Å². The Bertz CT molecular complexity index is 437. The zero-order chi connectivity index (χ0) is 12.6. The number of amides is 2. The van der Waals surface area contributed by atoms with Gasteiger partial charge in [0, 0.05) is 19.8 Å². The number of nitrogens with zero attached hydrogens (tertiary/aromatic N) is 4. The van der Waals surface area contributed by atoms with Crippen LogP contribution in [0.1, 0.15) is 13.8 Å². The summed E-state index contributed by atoms with van der Waals surface area (Å²) in [4.78, 5) is 22.2. The monoisotopic (exact) mass is 238 g/mol. The average Bonchev–Trinajstić information content (AvgIpc) is 2.56. The van der Waals surface area contributed by atoms with E-state index in [1.54, 1.807) is 18.0 Å². The maximum absolute atomic E-state index is 13.0. The van der Waals surface area contributed by atoms with Crippen molar-refractivity contribution in [3.05, 3.63) is 18.3 Å². The molecule has 1 fully saturated rings. The molecule has 1 aromatic heterocycles. The minimum atomic E-state index is -0.813. The lowest BCUT2D eigenvalue weighted by molar-refractivity contribution is 0.229. The first kappa shape index (κ1) is 11.8. The summed E-state index contributed by atoms with van der Waals surface area (Å²) in [5, 5.41) is 0. The highest BCUT2D eigenvalue weighted by molar-refractivity contribution is 5.93. The summed E-state index contributed by atoms with van der Waals surface area (Å²) in [6.45, 7) is 4.69. The van der Waals surface area contributed by atoms with Crippen molar-refractivity contribution in [1.29, 1.82) is 0 Å². The predicted octanol–water partition coefficient (Wildman–Crippen LogP) is 1.51. The fourth-order valence-electron chi connectivity index (χ4n) is 2.00. The van der Waals surface area contributed by atoms with Crippen molar-refractivity contribution in [2.24, 2.45) is 5.92 Å². The van der Waals surface area contributed by atoms with Crippen LogP contribution in [0.5, 0.6) is 0 Å². The number of halogens is 1. The summed E-state index contributed by atoms with van der Waals surface area (Å²) in [6.07, 6.45) is 0.507. The molecule has 0 N–H and O–H groups in total. The number of anilines is 1. The Morgan fingerprint density at radius 1 is 1.53 bits per heavy atom. The normalized spacial score (nSPS) is 20.5. The maximum Gasteiger partial charge on any atom is 0.325 e. The lowest BCUT2D eigenvalue weighted by atomic mass is 10.0. The number of carbonyl (C=O) groups is 1. The summed E-state index contributed by atoms with van der Waals surface area (Å²) in [5.74, 6) is 0.604. The van der Waals surface area contributed by atoms with Crippen LogP contribution in [0, 0.1) is 12.0 Å². The molecule has 0 unspecified atom stereocenters. The third-order valence-corrected chi connectivity index (χ3v) is 2.95. The van der Waals surface area contributed by atoms with Gasteiger partial charge in [0.2, 0.25) is 0 Å². The largest absolute Gasteiger partial charge is 0.325 e. The lowest BCUT2D eigenvalue weighted by Crippen LogP contribution is -2.38. The van der Waals surface area contributed by atoms with Crippen LogP contribution >= 0.6 is 0 Å². The van der Waals surface area contributed by atoms with Gasteiger partial charge in [0.05, 0.1) is 6.04 Å². The van der Waals surface area contributed by atoms with Crippen LogP contribution in [0.15, 0.2) is 12.3 Å². The number of hydrogen-bond donors (Lipinski definition) is 0. The van der Waals surface area contributed by atoms with Gasteiger partial charge in [-0.25, -0.2) is 9.78 Å². The predicted molar refractivity (Wildman–Crippen MR) is 61.1 cm³/mol. The first-order valence-electron chi connectivity index (χ1n) is 5.53. The molecular weight excluding hydrogens is 223 g/mol. The molecule has 17 heavy (non-hydrogen) atoms. The van der Waals surface area contributed by atoms with Crippen molar-refractivity contribution in [3.8, 4) is 0 Å². The molecule has 1 aromatic rings. The van der Waals surface area contributed by atoms with Crippen molar-refractivity contribution < 1.29 is 9.18 Å². The Hall–Kier alpha value is -1.72. The van der Waals surface area contributed by atoms with Gasteiger partial charge in [-0.05, 0) is 12.0 Å². The minimum absolute atomic E-state index is 0.0156. The van der Waals surface area contributed by atoms with Crippen molar-refractivity contribution in [2.45, 2.75) is 19.9 Å². The number of urea groups is 1. The highest BCUT2D eigenvalue weighted by Crippen LogP contribution is 2.26. The quantitative estimate of drug-likeness (QED) is 0.734. The van der Waals surface area contributed by atoms with Crippen LogP contribution in [0.3, 0.4) is 0 Å². The summed E-state index contributed by atoms with van der Waals surface area (Å²) < 4.78 is 13.0. The highest BCUT2D eigenvalue weighted by Gasteiger charge is 2.38. The third kappa shape index (κ3) is 2.07. The molecule has 1 aliphatic rings. The number of hydrogen-bond acceptors (Lipinski definition) is 3. The summed E-state index contributed by atoms with van der Waals surface area (Å²) in [6, 6.07) is 1.42. The Balaban J connectivity index is 2.37. The van der Waals surface area contributed by atoms with Gasteiger partial charge < -0.3 is 4.90 Å². The van der Waals surface area contributed by atoms with Gasteiger partial charge in [-0.2, -0.15) is 9.37 Å². The van der Waals surface area contributed by atoms with Crippen LogP contribution in [-0.2, 0) is 0 Å². The fraction of sp³-hybridized carbons (Fsp3) is 0.545. The molecular formula is C11H15FN4O. The molecule has 0 bridgehead atoms. The second-order valence-corrected chi connectivity index (χ2v) is 4.53. The van der Waals surface area contributed by atoms with E-state index in [2.05, 4.69) is 9.97 Å². The topological polar surface area (TPSA) is 49.3 Å². The molecule has 5 nitrogen and oxygen atoms in total.